The van der Waals surface area contributed by atoms with Crippen LogP contribution < -0.4 is 0 Å². The van der Waals surface area contributed by atoms with Crippen molar-refractivity contribution in [2.75, 3.05) is 12.4 Å². The van der Waals surface area contributed by atoms with Crippen molar-refractivity contribution in [3.8, 4) is 0 Å². The van der Waals surface area contributed by atoms with Gasteiger partial charge in [0.1, 0.15) is 0 Å². The predicted octanol–water partition coefficient (Wildman–Crippen LogP) is 2.57. The highest BCUT2D eigenvalue weighted by Crippen LogP contribution is 2.20. The van der Waals surface area contributed by atoms with Crippen molar-refractivity contribution in [3.63, 3.8) is 0 Å². The van der Waals surface area contributed by atoms with Gasteiger partial charge in [0.15, 0.2) is 9.84 Å². The van der Waals surface area contributed by atoms with Gasteiger partial charge in [-0.25, -0.2) is 8.42 Å². The van der Waals surface area contributed by atoms with Crippen molar-refractivity contribution >= 4 is 26.6 Å². The Kier molecular flexibility index (Phi) is 4.39. The minimum atomic E-state index is -3.47. The molecule has 0 spiro atoms. The summed E-state index contributed by atoms with van der Waals surface area (Å²) in [5, 5.41) is 1.85. The highest BCUT2D eigenvalue weighted by atomic mass is 32.2. The van der Waals surface area contributed by atoms with Crippen LogP contribution in [-0.2, 0) is 19.4 Å². The molecule has 5 heteroatoms. The van der Waals surface area contributed by atoms with Gasteiger partial charge < -0.3 is 4.74 Å². The Hall–Kier alpha value is -1.88. The fraction of sp³-hybridized carbons (Fsp3) is 0.267. The summed E-state index contributed by atoms with van der Waals surface area (Å²) in [5.41, 5.74) is 0. The van der Waals surface area contributed by atoms with Gasteiger partial charge in [-0.05, 0) is 29.8 Å². The Labute approximate surface area is 118 Å². The largest absolute Gasteiger partial charge is 0.466 e. The average molecular weight is 292 g/mol. The monoisotopic (exact) mass is 292 g/mol. The van der Waals surface area contributed by atoms with Crippen molar-refractivity contribution in [1.29, 1.82) is 0 Å². The van der Waals surface area contributed by atoms with Gasteiger partial charge in [0.25, 0.3) is 0 Å². The highest BCUT2D eigenvalue weighted by molar-refractivity contribution is 7.91. The van der Waals surface area contributed by atoms with Crippen LogP contribution in [0.15, 0.2) is 47.4 Å². The molecular formula is C15H16O4S. The molecule has 4 nitrogen and oxygen atoms in total. The molecule has 2 aromatic carbocycles. The van der Waals surface area contributed by atoms with Crippen LogP contribution in [0.4, 0.5) is 0 Å². The number of esters is 1. The molecule has 0 radical (unpaired) electrons. The minimum Gasteiger partial charge on any atom is -0.466 e. The maximum atomic E-state index is 12.2. The Morgan fingerprint density at radius 1 is 1.10 bits per heavy atom. The van der Waals surface area contributed by atoms with Gasteiger partial charge >= 0.3 is 5.97 Å². The molecule has 2 rings (SSSR count). The average Bonchev–Trinajstić information content (AvgIpc) is 2.45. The third-order valence-corrected chi connectivity index (χ3v) is 4.67. The zero-order chi connectivity index (χ0) is 14.6. The van der Waals surface area contributed by atoms with Crippen LogP contribution in [0, 0.1) is 0 Å². The lowest BCUT2D eigenvalue weighted by Gasteiger charge is -2.06. The van der Waals surface area contributed by atoms with E-state index in [1.165, 1.54) is 0 Å². The van der Waals surface area contributed by atoms with E-state index in [4.69, 9.17) is 4.74 Å². The van der Waals surface area contributed by atoms with Crippen molar-refractivity contribution in [3.05, 3.63) is 42.5 Å². The van der Waals surface area contributed by atoms with Crippen LogP contribution >= 0.6 is 0 Å². The zero-order valence-corrected chi connectivity index (χ0v) is 12.0. The van der Waals surface area contributed by atoms with Gasteiger partial charge in [-0.1, -0.05) is 30.3 Å². The number of sulfone groups is 1. The smallest absolute Gasteiger partial charge is 0.306 e. The van der Waals surface area contributed by atoms with Crippen molar-refractivity contribution in [2.24, 2.45) is 0 Å². The van der Waals surface area contributed by atoms with E-state index in [1.54, 1.807) is 25.1 Å². The topological polar surface area (TPSA) is 60.4 Å². The van der Waals surface area contributed by atoms with Crippen LogP contribution in [0.3, 0.4) is 0 Å². The quantitative estimate of drug-likeness (QED) is 0.795. The van der Waals surface area contributed by atoms with Crippen LogP contribution in [-0.4, -0.2) is 26.7 Å². The van der Waals surface area contributed by atoms with Gasteiger partial charge in [-0.2, -0.15) is 0 Å². The summed E-state index contributed by atoms with van der Waals surface area (Å²) in [6, 6.07) is 12.5. The number of benzene rings is 2. The summed E-state index contributed by atoms with van der Waals surface area (Å²) in [6.07, 6.45) is -0.122. The van der Waals surface area contributed by atoms with E-state index in [0.29, 0.717) is 0 Å². The van der Waals surface area contributed by atoms with Crippen molar-refractivity contribution in [1.82, 2.24) is 0 Å². The minimum absolute atomic E-state index is 0.122. The first kappa shape index (κ1) is 14.5. The van der Waals surface area contributed by atoms with Gasteiger partial charge in [0, 0.05) is 0 Å². The SMILES string of the molecule is CCOC(=O)CCS(=O)(=O)c1ccc2ccccc2c1. The maximum Gasteiger partial charge on any atom is 0.306 e. The Morgan fingerprint density at radius 2 is 1.80 bits per heavy atom. The summed E-state index contributed by atoms with van der Waals surface area (Å²) in [7, 11) is -3.47. The van der Waals surface area contributed by atoms with E-state index in [1.807, 2.05) is 24.3 Å². The normalized spacial score (nSPS) is 11.4. The number of ether oxygens (including phenoxy) is 1. The molecule has 20 heavy (non-hydrogen) atoms. The molecule has 0 aliphatic rings. The van der Waals surface area contributed by atoms with Crippen molar-refractivity contribution < 1.29 is 17.9 Å². The summed E-state index contributed by atoms with van der Waals surface area (Å²) >= 11 is 0. The second-order valence-electron chi connectivity index (χ2n) is 4.38. The number of carbonyl (C=O) groups is 1. The number of hydrogen-bond donors (Lipinski definition) is 0. The number of rotatable bonds is 5. The fourth-order valence-electron chi connectivity index (χ4n) is 1.93. The first-order chi connectivity index (χ1) is 9.53. The lowest BCUT2D eigenvalue weighted by molar-refractivity contribution is -0.142. The molecule has 106 valence electrons. The van der Waals surface area contributed by atoms with Crippen LogP contribution in [0.5, 0.6) is 0 Å². The molecular weight excluding hydrogens is 276 g/mol. The Balaban J connectivity index is 2.21. The molecule has 0 bridgehead atoms. The van der Waals surface area contributed by atoms with Gasteiger partial charge in [0.05, 0.1) is 23.7 Å². The van der Waals surface area contributed by atoms with Gasteiger partial charge in [-0.3, -0.25) is 4.79 Å². The van der Waals surface area contributed by atoms with E-state index >= 15 is 0 Å². The maximum absolute atomic E-state index is 12.2. The lowest BCUT2D eigenvalue weighted by atomic mass is 10.1. The van der Waals surface area contributed by atoms with Crippen LogP contribution in [0.2, 0.25) is 0 Å². The Morgan fingerprint density at radius 3 is 2.50 bits per heavy atom. The Bertz CT molecular complexity index is 719. The molecule has 0 unspecified atom stereocenters. The third kappa shape index (κ3) is 3.36. The molecule has 2 aromatic rings. The second kappa shape index (κ2) is 6.05. The summed E-state index contributed by atoms with van der Waals surface area (Å²) in [5.74, 6) is -0.721. The number of carbonyl (C=O) groups excluding carboxylic acids is 1. The number of hydrogen-bond acceptors (Lipinski definition) is 4. The first-order valence-corrected chi connectivity index (χ1v) is 8.05. The van der Waals surface area contributed by atoms with Crippen LogP contribution in [0.1, 0.15) is 13.3 Å². The van der Waals surface area contributed by atoms with E-state index < -0.39 is 15.8 Å². The van der Waals surface area contributed by atoms with E-state index in [-0.39, 0.29) is 23.7 Å². The molecule has 0 aliphatic heterocycles. The summed E-state index contributed by atoms with van der Waals surface area (Å²) in [4.78, 5) is 11.5. The molecule has 0 N–H and O–H groups in total. The second-order valence-corrected chi connectivity index (χ2v) is 6.49. The standard InChI is InChI=1S/C15H16O4S/c1-2-19-15(16)9-10-20(17,18)14-8-7-12-5-3-4-6-13(12)11-14/h3-8,11H,2,9-10H2,1H3. The molecule has 0 saturated carbocycles. The fourth-order valence-corrected chi connectivity index (χ4v) is 3.18. The molecule has 0 saturated heterocycles. The van der Waals surface area contributed by atoms with Crippen LogP contribution in [0.25, 0.3) is 10.8 Å². The molecule has 0 aliphatic carbocycles. The first-order valence-electron chi connectivity index (χ1n) is 6.40. The predicted molar refractivity (Wildman–Crippen MR) is 77.3 cm³/mol. The number of fused-ring (bicyclic) bond motifs is 1. The lowest BCUT2D eigenvalue weighted by Crippen LogP contribution is -2.13. The van der Waals surface area contributed by atoms with Gasteiger partial charge in [0.2, 0.25) is 0 Å². The molecule has 0 amide bonds. The van der Waals surface area contributed by atoms with Crippen molar-refractivity contribution in [2.45, 2.75) is 18.2 Å². The summed E-state index contributed by atoms with van der Waals surface area (Å²) < 4.78 is 29.1. The van der Waals surface area contributed by atoms with E-state index in [0.717, 1.165) is 10.8 Å². The van der Waals surface area contributed by atoms with E-state index in [9.17, 15) is 13.2 Å². The van der Waals surface area contributed by atoms with Gasteiger partial charge in [-0.15, -0.1) is 0 Å². The molecule has 0 atom stereocenters. The highest BCUT2D eigenvalue weighted by Gasteiger charge is 2.17. The van der Waals surface area contributed by atoms with E-state index in [2.05, 4.69) is 0 Å². The summed E-state index contributed by atoms with van der Waals surface area (Å²) in [6.45, 7) is 1.95. The molecule has 0 heterocycles. The zero-order valence-electron chi connectivity index (χ0n) is 11.2. The molecule has 0 fully saturated rings. The third-order valence-electron chi connectivity index (χ3n) is 2.96. The molecule has 0 aromatic heterocycles.